The fourth-order valence-corrected chi connectivity index (χ4v) is 1.92. The van der Waals surface area contributed by atoms with Crippen molar-refractivity contribution < 1.29 is 17.9 Å². The fraction of sp³-hybridized carbons (Fsp3) is 0.200. The van der Waals surface area contributed by atoms with E-state index >= 15 is 0 Å². The van der Waals surface area contributed by atoms with E-state index < -0.39 is 17.5 Å². The van der Waals surface area contributed by atoms with Crippen molar-refractivity contribution in [1.29, 1.82) is 0 Å². The molecule has 0 fully saturated rings. The van der Waals surface area contributed by atoms with Gasteiger partial charge >= 0.3 is 0 Å². The van der Waals surface area contributed by atoms with E-state index in [9.17, 15) is 13.2 Å². The molecule has 5 heteroatoms. The zero-order chi connectivity index (χ0) is 14.7. The Balaban J connectivity index is 2.19. The van der Waals surface area contributed by atoms with E-state index in [-0.39, 0.29) is 11.8 Å². The van der Waals surface area contributed by atoms with Crippen LogP contribution in [-0.2, 0) is 0 Å². The number of halogens is 3. The summed E-state index contributed by atoms with van der Waals surface area (Å²) in [4.78, 5) is 0. The van der Waals surface area contributed by atoms with Crippen molar-refractivity contribution in [2.24, 2.45) is 0 Å². The van der Waals surface area contributed by atoms with Crippen LogP contribution in [0.5, 0.6) is 5.75 Å². The first-order valence-electron chi connectivity index (χ1n) is 6.05. The monoisotopic (exact) mass is 281 g/mol. The van der Waals surface area contributed by atoms with Gasteiger partial charge in [0, 0.05) is 17.8 Å². The van der Waals surface area contributed by atoms with E-state index in [2.05, 4.69) is 5.32 Å². The van der Waals surface area contributed by atoms with Gasteiger partial charge in [0.15, 0.2) is 11.6 Å². The van der Waals surface area contributed by atoms with Crippen LogP contribution in [-0.4, -0.2) is 7.11 Å². The number of methoxy groups -OCH3 is 1. The third-order valence-corrected chi connectivity index (χ3v) is 2.92. The second kappa shape index (κ2) is 5.86. The molecule has 0 aromatic heterocycles. The Morgan fingerprint density at radius 3 is 2.20 bits per heavy atom. The summed E-state index contributed by atoms with van der Waals surface area (Å²) in [6, 6.07) is 7.37. The number of anilines is 1. The molecule has 0 aliphatic heterocycles. The van der Waals surface area contributed by atoms with Gasteiger partial charge in [-0.2, -0.15) is 0 Å². The summed E-state index contributed by atoms with van der Waals surface area (Å²) in [5.74, 6) is -1.66. The summed E-state index contributed by atoms with van der Waals surface area (Å²) in [6.45, 7) is 1.77. The highest BCUT2D eigenvalue weighted by atomic mass is 19.1. The molecule has 0 bridgehead atoms. The minimum Gasteiger partial charge on any atom is -0.494 e. The number of hydrogen-bond acceptors (Lipinski definition) is 2. The van der Waals surface area contributed by atoms with Gasteiger partial charge < -0.3 is 10.1 Å². The Labute approximate surface area is 115 Å². The summed E-state index contributed by atoms with van der Waals surface area (Å²) in [5.41, 5.74) is 0.944. The van der Waals surface area contributed by atoms with E-state index in [1.54, 1.807) is 13.0 Å². The summed E-state index contributed by atoms with van der Waals surface area (Å²) in [5, 5.41) is 2.92. The van der Waals surface area contributed by atoms with Gasteiger partial charge in [0.25, 0.3) is 0 Å². The summed E-state index contributed by atoms with van der Waals surface area (Å²) < 4.78 is 44.6. The van der Waals surface area contributed by atoms with Crippen molar-refractivity contribution in [2.45, 2.75) is 13.0 Å². The Bertz CT molecular complexity index is 596. The van der Waals surface area contributed by atoms with Crippen LogP contribution in [0, 0.1) is 17.5 Å². The molecule has 106 valence electrons. The molecule has 0 saturated heterocycles. The molecule has 2 rings (SSSR count). The summed E-state index contributed by atoms with van der Waals surface area (Å²) in [6.07, 6.45) is 0. The molecule has 1 N–H and O–H groups in total. The largest absolute Gasteiger partial charge is 0.494 e. The SMILES string of the molecule is COc1ccc(C(C)Nc2cc(F)cc(F)c2)cc1F. The second-order valence-corrected chi connectivity index (χ2v) is 4.42. The van der Waals surface area contributed by atoms with E-state index in [1.165, 1.54) is 31.4 Å². The van der Waals surface area contributed by atoms with Gasteiger partial charge in [-0.05, 0) is 36.8 Å². The predicted molar refractivity (Wildman–Crippen MR) is 71.3 cm³/mol. The van der Waals surface area contributed by atoms with Crippen LogP contribution in [0.4, 0.5) is 18.9 Å². The Morgan fingerprint density at radius 2 is 1.65 bits per heavy atom. The number of benzene rings is 2. The zero-order valence-corrected chi connectivity index (χ0v) is 11.1. The minimum absolute atomic E-state index is 0.151. The number of rotatable bonds is 4. The van der Waals surface area contributed by atoms with Gasteiger partial charge in [0.2, 0.25) is 0 Å². The van der Waals surface area contributed by atoms with E-state index in [0.29, 0.717) is 11.3 Å². The molecule has 1 unspecified atom stereocenters. The van der Waals surface area contributed by atoms with Crippen LogP contribution in [0.1, 0.15) is 18.5 Å². The molecule has 0 heterocycles. The third kappa shape index (κ3) is 3.23. The van der Waals surface area contributed by atoms with Crippen molar-refractivity contribution in [3.05, 3.63) is 59.4 Å². The van der Waals surface area contributed by atoms with Gasteiger partial charge in [-0.3, -0.25) is 0 Å². The molecular weight excluding hydrogens is 267 g/mol. The molecule has 2 nitrogen and oxygen atoms in total. The smallest absolute Gasteiger partial charge is 0.165 e. The molecule has 0 aliphatic carbocycles. The van der Waals surface area contributed by atoms with Crippen LogP contribution in [0.3, 0.4) is 0 Å². The first-order valence-corrected chi connectivity index (χ1v) is 6.05. The first kappa shape index (κ1) is 14.2. The Morgan fingerprint density at radius 1 is 1.00 bits per heavy atom. The van der Waals surface area contributed by atoms with E-state index in [0.717, 1.165) is 6.07 Å². The normalized spacial score (nSPS) is 12.1. The zero-order valence-electron chi connectivity index (χ0n) is 11.1. The molecule has 2 aromatic rings. The fourth-order valence-electron chi connectivity index (χ4n) is 1.92. The molecule has 0 amide bonds. The maximum absolute atomic E-state index is 13.6. The van der Waals surface area contributed by atoms with Crippen molar-refractivity contribution >= 4 is 5.69 Å². The molecule has 2 aromatic carbocycles. The van der Waals surface area contributed by atoms with Gasteiger partial charge in [-0.15, -0.1) is 0 Å². The molecule has 1 atom stereocenters. The molecule has 0 radical (unpaired) electrons. The van der Waals surface area contributed by atoms with Crippen molar-refractivity contribution in [3.63, 3.8) is 0 Å². The average molecular weight is 281 g/mol. The van der Waals surface area contributed by atoms with Gasteiger partial charge in [-0.1, -0.05) is 6.07 Å². The maximum atomic E-state index is 13.6. The molecule has 0 aliphatic rings. The minimum atomic E-state index is -0.666. The highest BCUT2D eigenvalue weighted by molar-refractivity contribution is 5.46. The quantitative estimate of drug-likeness (QED) is 0.902. The molecular formula is C15H14F3NO. The van der Waals surface area contributed by atoms with E-state index in [1.807, 2.05) is 0 Å². The van der Waals surface area contributed by atoms with Gasteiger partial charge in [0.1, 0.15) is 11.6 Å². The van der Waals surface area contributed by atoms with Crippen LogP contribution in [0.25, 0.3) is 0 Å². The summed E-state index contributed by atoms with van der Waals surface area (Å²) in [7, 11) is 1.38. The van der Waals surface area contributed by atoms with E-state index in [4.69, 9.17) is 4.74 Å². The highest BCUT2D eigenvalue weighted by Gasteiger charge is 2.10. The Kier molecular flexibility index (Phi) is 4.17. The first-order chi connectivity index (χ1) is 9.49. The molecule has 20 heavy (non-hydrogen) atoms. The summed E-state index contributed by atoms with van der Waals surface area (Å²) >= 11 is 0. The lowest BCUT2D eigenvalue weighted by molar-refractivity contribution is 0.386. The standard InChI is InChI=1S/C15H14F3NO/c1-9(10-3-4-15(20-2)14(18)5-10)19-13-7-11(16)6-12(17)8-13/h3-9,19H,1-2H3. The van der Waals surface area contributed by atoms with Crippen molar-refractivity contribution in [2.75, 3.05) is 12.4 Å². The molecule has 0 spiro atoms. The number of ether oxygens (including phenoxy) is 1. The van der Waals surface area contributed by atoms with Crippen molar-refractivity contribution in [1.82, 2.24) is 0 Å². The lowest BCUT2D eigenvalue weighted by Gasteiger charge is -2.16. The van der Waals surface area contributed by atoms with Gasteiger partial charge in [0.05, 0.1) is 7.11 Å². The van der Waals surface area contributed by atoms with Gasteiger partial charge in [-0.25, -0.2) is 13.2 Å². The van der Waals surface area contributed by atoms with Crippen LogP contribution in [0.2, 0.25) is 0 Å². The average Bonchev–Trinajstić information content (AvgIpc) is 2.37. The number of nitrogens with one attached hydrogen (secondary N) is 1. The maximum Gasteiger partial charge on any atom is 0.165 e. The van der Waals surface area contributed by atoms with Crippen molar-refractivity contribution in [3.8, 4) is 5.75 Å². The lowest BCUT2D eigenvalue weighted by Crippen LogP contribution is -2.07. The second-order valence-electron chi connectivity index (χ2n) is 4.42. The Hall–Kier alpha value is -2.17. The topological polar surface area (TPSA) is 21.3 Å². The third-order valence-electron chi connectivity index (χ3n) is 2.92. The highest BCUT2D eigenvalue weighted by Crippen LogP contribution is 2.25. The predicted octanol–water partition coefficient (Wildman–Crippen LogP) is 4.29. The van der Waals surface area contributed by atoms with Crippen LogP contribution >= 0.6 is 0 Å². The lowest BCUT2D eigenvalue weighted by atomic mass is 10.1. The molecule has 0 saturated carbocycles. The van der Waals surface area contributed by atoms with Crippen LogP contribution < -0.4 is 10.1 Å². The van der Waals surface area contributed by atoms with Crippen LogP contribution in [0.15, 0.2) is 36.4 Å². The number of hydrogen-bond donors (Lipinski definition) is 1.